The summed E-state index contributed by atoms with van der Waals surface area (Å²) in [5, 5.41) is 4.24. The van der Waals surface area contributed by atoms with Gasteiger partial charge in [0.05, 0.1) is 0 Å². The van der Waals surface area contributed by atoms with Crippen molar-refractivity contribution in [3.8, 4) is 11.1 Å². The molecule has 0 aliphatic rings. The highest BCUT2D eigenvalue weighted by atomic mass is 79.9. The van der Waals surface area contributed by atoms with Gasteiger partial charge < -0.3 is 0 Å². The third-order valence-corrected chi connectivity index (χ3v) is 4.17. The topological polar surface area (TPSA) is 0 Å². The van der Waals surface area contributed by atoms with Crippen LogP contribution in [0.5, 0.6) is 0 Å². The predicted molar refractivity (Wildman–Crippen MR) is 65.2 cm³/mol. The Morgan fingerprint density at radius 2 is 1.62 bits per heavy atom. The maximum absolute atomic E-state index is 3.54. The summed E-state index contributed by atoms with van der Waals surface area (Å²) in [6.45, 7) is 0. The molecule has 0 spiro atoms. The first-order valence-electron chi connectivity index (χ1n) is 3.75. The summed E-state index contributed by atoms with van der Waals surface area (Å²) < 4.78 is 2.29. The molecule has 3 heteroatoms. The van der Waals surface area contributed by atoms with E-state index in [1.807, 2.05) is 12.1 Å². The molecule has 1 aromatic carbocycles. The van der Waals surface area contributed by atoms with Crippen LogP contribution in [0.4, 0.5) is 0 Å². The predicted octanol–water partition coefficient (Wildman–Crippen LogP) is 4.94. The van der Waals surface area contributed by atoms with Gasteiger partial charge in [0.25, 0.3) is 0 Å². The fraction of sp³-hybridized carbons (Fsp3) is 0. The quantitative estimate of drug-likeness (QED) is 0.699. The molecule has 0 fully saturated rings. The zero-order valence-corrected chi connectivity index (χ0v) is 10.6. The van der Waals surface area contributed by atoms with Gasteiger partial charge in [0, 0.05) is 19.9 Å². The minimum absolute atomic E-state index is 1.13. The molecule has 0 unspecified atom stereocenters. The number of hydrogen-bond acceptors (Lipinski definition) is 1. The lowest BCUT2D eigenvalue weighted by molar-refractivity contribution is 1.61. The van der Waals surface area contributed by atoms with Gasteiger partial charge in [-0.2, -0.15) is 11.3 Å². The third-order valence-electron chi connectivity index (χ3n) is 1.78. The Hall–Kier alpha value is -0.120. The molecule has 66 valence electrons. The molecule has 2 aromatic rings. The van der Waals surface area contributed by atoms with Gasteiger partial charge >= 0.3 is 0 Å². The zero-order chi connectivity index (χ0) is 9.26. The van der Waals surface area contributed by atoms with E-state index in [-0.39, 0.29) is 0 Å². The third kappa shape index (κ3) is 1.87. The standard InChI is InChI=1S/C10H6Br2S/c11-9-4-2-1-3-7(9)8-5-13-6-10(8)12/h1-6H. The lowest BCUT2D eigenvalue weighted by atomic mass is 10.1. The van der Waals surface area contributed by atoms with E-state index in [4.69, 9.17) is 0 Å². The van der Waals surface area contributed by atoms with Crippen LogP contribution in [0.1, 0.15) is 0 Å². The van der Waals surface area contributed by atoms with Crippen LogP contribution in [0.15, 0.2) is 44.0 Å². The Bertz CT molecular complexity index is 420. The fourth-order valence-corrected chi connectivity index (χ4v) is 3.16. The van der Waals surface area contributed by atoms with Gasteiger partial charge in [0.15, 0.2) is 0 Å². The summed E-state index contributed by atoms with van der Waals surface area (Å²) in [5.41, 5.74) is 2.48. The molecule has 0 radical (unpaired) electrons. The van der Waals surface area contributed by atoms with E-state index in [2.05, 4.69) is 54.8 Å². The van der Waals surface area contributed by atoms with Crippen molar-refractivity contribution in [3.05, 3.63) is 44.0 Å². The highest BCUT2D eigenvalue weighted by molar-refractivity contribution is 9.11. The van der Waals surface area contributed by atoms with E-state index in [0.717, 1.165) is 8.95 Å². The summed E-state index contributed by atoms with van der Waals surface area (Å²) in [7, 11) is 0. The Morgan fingerprint density at radius 1 is 0.846 bits per heavy atom. The Balaban J connectivity index is 2.59. The maximum atomic E-state index is 3.54. The van der Waals surface area contributed by atoms with Crippen molar-refractivity contribution >= 4 is 43.2 Å². The van der Waals surface area contributed by atoms with E-state index in [1.54, 1.807) is 11.3 Å². The number of halogens is 2. The van der Waals surface area contributed by atoms with E-state index in [1.165, 1.54) is 11.1 Å². The highest BCUT2D eigenvalue weighted by Crippen LogP contribution is 2.35. The molecule has 0 nitrogen and oxygen atoms in total. The van der Waals surface area contributed by atoms with Gasteiger partial charge in [0.2, 0.25) is 0 Å². The summed E-state index contributed by atoms with van der Waals surface area (Å²) in [6, 6.07) is 8.23. The Morgan fingerprint density at radius 3 is 2.23 bits per heavy atom. The van der Waals surface area contributed by atoms with E-state index in [9.17, 15) is 0 Å². The molecule has 1 heterocycles. The first-order chi connectivity index (χ1) is 6.29. The van der Waals surface area contributed by atoms with Crippen LogP contribution in [0.3, 0.4) is 0 Å². The van der Waals surface area contributed by atoms with Crippen LogP contribution in [0, 0.1) is 0 Å². The maximum Gasteiger partial charge on any atom is 0.0361 e. The van der Waals surface area contributed by atoms with Crippen molar-refractivity contribution in [1.29, 1.82) is 0 Å². The van der Waals surface area contributed by atoms with Gasteiger partial charge in [-0.15, -0.1) is 0 Å². The molecular formula is C10H6Br2S. The van der Waals surface area contributed by atoms with Crippen molar-refractivity contribution in [1.82, 2.24) is 0 Å². The Labute approximate surface area is 97.9 Å². The normalized spacial score (nSPS) is 10.3. The number of thiophene rings is 1. The molecule has 0 aliphatic heterocycles. The summed E-state index contributed by atoms with van der Waals surface area (Å²) in [5.74, 6) is 0. The van der Waals surface area contributed by atoms with Crippen molar-refractivity contribution < 1.29 is 0 Å². The summed E-state index contributed by atoms with van der Waals surface area (Å²) in [6.07, 6.45) is 0. The van der Waals surface area contributed by atoms with Crippen LogP contribution in [0.25, 0.3) is 11.1 Å². The highest BCUT2D eigenvalue weighted by Gasteiger charge is 2.06. The molecule has 0 N–H and O–H groups in total. The first-order valence-corrected chi connectivity index (χ1v) is 6.28. The van der Waals surface area contributed by atoms with Gasteiger partial charge in [-0.05, 0) is 32.9 Å². The van der Waals surface area contributed by atoms with Crippen molar-refractivity contribution in [2.45, 2.75) is 0 Å². The largest absolute Gasteiger partial charge is 0.151 e. The Kier molecular flexibility index (Phi) is 2.86. The molecule has 2 rings (SSSR count). The molecule has 0 atom stereocenters. The molecule has 0 aliphatic carbocycles. The van der Waals surface area contributed by atoms with Crippen LogP contribution in [0.2, 0.25) is 0 Å². The zero-order valence-electron chi connectivity index (χ0n) is 6.63. The average Bonchev–Trinajstić information content (AvgIpc) is 2.52. The van der Waals surface area contributed by atoms with Gasteiger partial charge in [-0.3, -0.25) is 0 Å². The van der Waals surface area contributed by atoms with Crippen LogP contribution < -0.4 is 0 Å². The minimum atomic E-state index is 1.13. The smallest absolute Gasteiger partial charge is 0.0361 e. The minimum Gasteiger partial charge on any atom is -0.151 e. The van der Waals surface area contributed by atoms with E-state index in [0.29, 0.717) is 0 Å². The number of rotatable bonds is 1. The molecule has 0 saturated carbocycles. The summed E-state index contributed by atoms with van der Waals surface area (Å²) in [4.78, 5) is 0. The first kappa shape index (κ1) is 9.44. The molecule has 0 saturated heterocycles. The lowest BCUT2D eigenvalue weighted by Gasteiger charge is -2.01. The number of hydrogen-bond donors (Lipinski definition) is 0. The van der Waals surface area contributed by atoms with Crippen LogP contribution in [-0.2, 0) is 0 Å². The van der Waals surface area contributed by atoms with Gasteiger partial charge in [-0.25, -0.2) is 0 Å². The fourth-order valence-electron chi connectivity index (χ4n) is 1.15. The lowest BCUT2D eigenvalue weighted by Crippen LogP contribution is -1.75. The molecule has 13 heavy (non-hydrogen) atoms. The monoisotopic (exact) mass is 316 g/mol. The van der Waals surface area contributed by atoms with Crippen LogP contribution in [-0.4, -0.2) is 0 Å². The van der Waals surface area contributed by atoms with Crippen molar-refractivity contribution in [2.24, 2.45) is 0 Å². The van der Waals surface area contributed by atoms with Crippen LogP contribution >= 0.6 is 43.2 Å². The van der Waals surface area contributed by atoms with E-state index < -0.39 is 0 Å². The molecule has 1 aromatic heterocycles. The SMILES string of the molecule is Brc1ccccc1-c1cscc1Br. The van der Waals surface area contributed by atoms with E-state index >= 15 is 0 Å². The molecular weight excluding hydrogens is 312 g/mol. The second-order valence-corrected chi connectivity index (χ2v) is 5.07. The van der Waals surface area contributed by atoms with Gasteiger partial charge in [-0.1, -0.05) is 34.1 Å². The second kappa shape index (κ2) is 3.95. The molecule has 0 amide bonds. The van der Waals surface area contributed by atoms with Gasteiger partial charge in [0.1, 0.15) is 0 Å². The average molecular weight is 318 g/mol. The van der Waals surface area contributed by atoms with Crippen molar-refractivity contribution in [3.63, 3.8) is 0 Å². The second-order valence-electron chi connectivity index (χ2n) is 2.61. The summed E-state index contributed by atoms with van der Waals surface area (Å²) >= 11 is 8.76. The van der Waals surface area contributed by atoms with Crippen molar-refractivity contribution in [2.75, 3.05) is 0 Å². The molecule has 0 bridgehead atoms. The number of benzene rings is 1.